The summed E-state index contributed by atoms with van der Waals surface area (Å²) in [5.74, 6) is 0.875. The molecule has 19 heavy (non-hydrogen) atoms. The molecule has 2 heterocycles. The van der Waals surface area contributed by atoms with Crippen LogP contribution in [0, 0.1) is 6.92 Å². The van der Waals surface area contributed by atoms with E-state index >= 15 is 0 Å². The molecule has 0 radical (unpaired) electrons. The van der Waals surface area contributed by atoms with E-state index in [9.17, 15) is 4.79 Å². The summed E-state index contributed by atoms with van der Waals surface area (Å²) in [6.07, 6.45) is 4.12. The van der Waals surface area contributed by atoms with E-state index in [4.69, 9.17) is 0 Å². The van der Waals surface area contributed by atoms with Crippen LogP contribution in [0.4, 0.5) is 0 Å². The molecule has 0 saturated heterocycles. The first-order valence-corrected chi connectivity index (χ1v) is 7.24. The Bertz CT molecular complexity index is 533. The van der Waals surface area contributed by atoms with Crippen molar-refractivity contribution in [1.29, 1.82) is 0 Å². The van der Waals surface area contributed by atoms with E-state index in [1.54, 1.807) is 11.3 Å². The summed E-state index contributed by atoms with van der Waals surface area (Å²) in [4.78, 5) is 18.0. The van der Waals surface area contributed by atoms with Crippen molar-refractivity contribution in [1.82, 2.24) is 20.5 Å². The van der Waals surface area contributed by atoms with Crippen molar-refractivity contribution in [2.24, 2.45) is 0 Å². The van der Waals surface area contributed by atoms with Crippen molar-refractivity contribution in [2.45, 2.75) is 33.1 Å². The van der Waals surface area contributed by atoms with Crippen molar-refractivity contribution >= 4 is 17.2 Å². The van der Waals surface area contributed by atoms with E-state index in [0.717, 1.165) is 30.0 Å². The fourth-order valence-corrected chi connectivity index (χ4v) is 2.91. The number of H-pyrrole nitrogens is 1. The number of carbonyl (C=O) groups is 1. The van der Waals surface area contributed by atoms with Gasteiger partial charge in [0.15, 0.2) is 0 Å². The number of aromatic amines is 1. The maximum absolute atomic E-state index is 12.0. The summed E-state index contributed by atoms with van der Waals surface area (Å²) in [5.41, 5.74) is 1.26. The smallest absolute Gasteiger partial charge is 0.261 e. The lowest BCUT2D eigenvalue weighted by atomic mass is 10.2. The Hall–Kier alpha value is -1.69. The number of aryl methyl sites for hydroxylation is 3. The van der Waals surface area contributed by atoms with Crippen LogP contribution >= 0.6 is 11.3 Å². The summed E-state index contributed by atoms with van der Waals surface area (Å²) in [6, 6.07) is 1.99. The monoisotopic (exact) mass is 278 g/mol. The normalized spacial score (nSPS) is 10.6. The van der Waals surface area contributed by atoms with Crippen LogP contribution in [0.3, 0.4) is 0 Å². The van der Waals surface area contributed by atoms with Crippen molar-refractivity contribution < 1.29 is 4.79 Å². The Labute approximate surface area is 116 Å². The number of carbonyl (C=O) groups excluding carboxylic acids is 1. The van der Waals surface area contributed by atoms with E-state index in [1.165, 1.54) is 16.8 Å². The van der Waals surface area contributed by atoms with E-state index in [-0.39, 0.29) is 5.91 Å². The second-order valence-corrected chi connectivity index (χ2v) is 5.59. The molecule has 0 bridgehead atoms. The summed E-state index contributed by atoms with van der Waals surface area (Å²) >= 11 is 1.56. The average Bonchev–Trinajstić information content (AvgIpc) is 3.03. The number of nitrogens with zero attached hydrogens (tertiary/aromatic N) is 2. The van der Waals surface area contributed by atoms with Gasteiger partial charge in [-0.05, 0) is 31.4 Å². The molecule has 2 aromatic rings. The maximum Gasteiger partial charge on any atom is 0.261 e. The predicted molar refractivity (Wildman–Crippen MR) is 75.5 cm³/mol. The van der Waals surface area contributed by atoms with Crippen molar-refractivity contribution in [2.75, 3.05) is 6.54 Å². The van der Waals surface area contributed by atoms with Gasteiger partial charge >= 0.3 is 0 Å². The van der Waals surface area contributed by atoms with Gasteiger partial charge in [-0.2, -0.15) is 5.10 Å². The van der Waals surface area contributed by atoms with Gasteiger partial charge in [0.05, 0.1) is 4.88 Å². The highest BCUT2D eigenvalue weighted by Crippen LogP contribution is 2.21. The third-order valence-electron chi connectivity index (χ3n) is 2.97. The van der Waals surface area contributed by atoms with Gasteiger partial charge in [-0.3, -0.25) is 9.89 Å². The molecule has 1 amide bonds. The number of thiophene rings is 1. The van der Waals surface area contributed by atoms with E-state index < -0.39 is 0 Å². The highest BCUT2D eigenvalue weighted by atomic mass is 32.1. The number of rotatable bonds is 6. The van der Waals surface area contributed by atoms with E-state index in [1.807, 2.05) is 6.07 Å². The van der Waals surface area contributed by atoms with Crippen LogP contribution in [0.2, 0.25) is 0 Å². The summed E-state index contributed by atoms with van der Waals surface area (Å²) in [5, 5.41) is 9.52. The lowest BCUT2D eigenvalue weighted by Gasteiger charge is -2.02. The zero-order chi connectivity index (χ0) is 13.7. The zero-order valence-corrected chi connectivity index (χ0v) is 12.0. The standard InChI is InChI=1S/C13H18N4OS/c1-3-10-7-11(19-9(10)2)13(18)14-6-4-5-12-15-8-16-17-12/h7-8H,3-6H2,1-2H3,(H,14,18)(H,15,16,17). The molecule has 0 aliphatic carbocycles. The molecule has 0 spiro atoms. The zero-order valence-electron chi connectivity index (χ0n) is 11.2. The van der Waals surface area contributed by atoms with Gasteiger partial charge in [-0.1, -0.05) is 6.92 Å². The molecule has 5 nitrogen and oxygen atoms in total. The fraction of sp³-hybridized carbons (Fsp3) is 0.462. The third-order valence-corrected chi connectivity index (χ3v) is 4.06. The predicted octanol–water partition coefficient (Wildman–Crippen LogP) is 2.10. The van der Waals surface area contributed by atoms with E-state index in [2.05, 4.69) is 34.3 Å². The molecule has 0 unspecified atom stereocenters. The minimum absolute atomic E-state index is 0.0189. The number of hydrogen-bond donors (Lipinski definition) is 2. The van der Waals surface area contributed by atoms with Gasteiger partial charge in [-0.25, -0.2) is 4.98 Å². The second-order valence-electron chi connectivity index (χ2n) is 4.34. The van der Waals surface area contributed by atoms with Crippen LogP contribution in [-0.4, -0.2) is 27.6 Å². The highest BCUT2D eigenvalue weighted by Gasteiger charge is 2.10. The quantitative estimate of drug-likeness (QED) is 0.795. The van der Waals surface area contributed by atoms with E-state index in [0.29, 0.717) is 6.54 Å². The fourth-order valence-electron chi connectivity index (χ4n) is 1.88. The second kappa shape index (κ2) is 6.47. The molecule has 0 aromatic carbocycles. The van der Waals surface area contributed by atoms with Crippen LogP contribution in [0.5, 0.6) is 0 Å². The summed E-state index contributed by atoms with van der Waals surface area (Å²) < 4.78 is 0. The first kappa shape index (κ1) is 13.7. The van der Waals surface area contributed by atoms with Crippen molar-refractivity contribution in [3.63, 3.8) is 0 Å². The Morgan fingerprint density at radius 1 is 1.53 bits per heavy atom. The number of amides is 1. The van der Waals surface area contributed by atoms with Crippen molar-refractivity contribution in [3.8, 4) is 0 Å². The van der Waals surface area contributed by atoms with Gasteiger partial charge in [0.2, 0.25) is 0 Å². The molecule has 2 aromatic heterocycles. The number of hydrogen-bond acceptors (Lipinski definition) is 4. The molecular formula is C13H18N4OS. The minimum atomic E-state index is 0.0189. The Morgan fingerprint density at radius 3 is 3.00 bits per heavy atom. The molecule has 0 aliphatic heterocycles. The van der Waals surface area contributed by atoms with Gasteiger partial charge < -0.3 is 5.32 Å². The topological polar surface area (TPSA) is 70.7 Å². The summed E-state index contributed by atoms with van der Waals surface area (Å²) in [6.45, 7) is 4.82. The van der Waals surface area contributed by atoms with Crippen LogP contribution in [0.25, 0.3) is 0 Å². The molecule has 0 aliphatic rings. The first-order valence-electron chi connectivity index (χ1n) is 6.42. The average molecular weight is 278 g/mol. The third kappa shape index (κ3) is 3.64. The van der Waals surface area contributed by atoms with Crippen LogP contribution in [0.1, 0.15) is 39.3 Å². The maximum atomic E-state index is 12.0. The SMILES string of the molecule is CCc1cc(C(=O)NCCCc2ncn[nH]2)sc1C. The Morgan fingerprint density at radius 2 is 2.37 bits per heavy atom. The molecule has 102 valence electrons. The molecule has 6 heteroatoms. The summed E-state index contributed by atoms with van der Waals surface area (Å²) in [7, 11) is 0. The molecule has 2 rings (SSSR count). The van der Waals surface area contributed by atoms with Crippen LogP contribution in [-0.2, 0) is 12.8 Å². The highest BCUT2D eigenvalue weighted by molar-refractivity contribution is 7.14. The lowest BCUT2D eigenvalue weighted by Crippen LogP contribution is -2.24. The number of nitrogens with one attached hydrogen (secondary N) is 2. The molecular weight excluding hydrogens is 260 g/mol. The minimum Gasteiger partial charge on any atom is -0.351 e. The molecule has 0 saturated carbocycles. The van der Waals surface area contributed by atoms with Crippen LogP contribution < -0.4 is 5.32 Å². The van der Waals surface area contributed by atoms with Gasteiger partial charge in [0.25, 0.3) is 5.91 Å². The van der Waals surface area contributed by atoms with Crippen LogP contribution in [0.15, 0.2) is 12.4 Å². The molecule has 0 fully saturated rings. The Kier molecular flexibility index (Phi) is 4.68. The molecule has 0 atom stereocenters. The Balaban J connectivity index is 1.77. The van der Waals surface area contributed by atoms with Gasteiger partial charge in [-0.15, -0.1) is 11.3 Å². The number of aromatic nitrogens is 3. The van der Waals surface area contributed by atoms with Crippen molar-refractivity contribution in [3.05, 3.63) is 33.5 Å². The largest absolute Gasteiger partial charge is 0.351 e. The first-order chi connectivity index (χ1) is 9.20. The van der Waals surface area contributed by atoms with Gasteiger partial charge in [0.1, 0.15) is 12.2 Å². The van der Waals surface area contributed by atoms with Gasteiger partial charge in [0, 0.05) is 17.8 Å². The lowest BCUT2D eigenvalue weighted by molar-refractivity contribution is 0.0957. The molecule has 2 N–H and O–H groups in total.